The van der Waals surface area contributed by atoms with Crippen LogP contribution >= 0.6 is 0 Å². The van der Waals surface area contributed by atoms with Crippen LogP contribution in [0.25, 0.3) is 0 Å². The smallest absolute Gasteiger partial charge is 0.251 e. The maximum atomic E-state index is 12.3. The molecule has 1 fully saturated rings. The molecule has 1 aliphatic heterocycles. The summed E-state index contributed by atoms with van der Waals surface area (Å²) in [5.74, 6) is 0.973. The van der Waals surface area contributed by atoms with Gasteiger partial charge < -0.3 is 20.5 Å². The number of hydrogen-bond acceptors (Lipinski definition) is 4. The van der Waals surface area contributed by atoms with Crippen molar-refractivity contribution in [2.45, 2.75) is 19.4 Å². The van der Waals surface area contributed by atoms with Crippen LogP contribution in [0.2, 0.25) is 0 Å². The van der Waals surface area contributed by atoms with Gasteiger partial charge in [-0.2, -0.15) is 0 Å². The Bertz CT molecular complexity index is 697. The van der Waals surface area contributed by atoms with Gasteiger partial charge in [0.25, 0.3) is 5.91 Å². The maximum absolute atomic E-state index is 12.3. The van der Waals surface area contributed by atoms with E-state index in [9.17, 15) is 4.79 Å². The van der Waals surface area contributed by atoms with E-state index in [1.54, 1.807) is 18.2 Å². The zero-order valence-corrected chi connectivity index (χ0v) is 14.2. The normalized spacial score (nSPS) is 14.9. The second kappa shape index (κ2) is 8.53. The summed E-state index contributed by atoms with van der Waals surface area (Å²) >= 11 is 0. The molecule has 3 rings (SSSR count). The van der Waals surface area contributed by atoms with Gasteiger partial charge in [0, 0.05) is 25.3 Å². The molecule has 132 valence electrons. The SMILES string of the molecule is Nc1cc(C(=O)NCC2CCOCC2)ccc1OCc1ccccc1. The van der Waals surface area contributed by atoms with E-state index in [2.05, 4.69) is 5.32 Å². The number of ether oxygens (including phenoxy) is 2. The van der Waals surface area contributed by atoms with Crippen LogP contribution in [0.1, 0.15) is 28.8 Å². The molecule has 5 heteroatoms. The highest BCUT2D eigenvalue weighted by atomic mass is 16.5. The van der Waals surface area contributed by atoms with Crippen molar-refractivity contribution >= 4 is 11.6 Å². The molecular formula is C20H24N2O3. The fourth-order valence-electron chi connectivity index (χ4n) is 2.85. The summed E-state index contributed by atoms with van der Waals surface area (Å²) in [7, 11) is 0. The van der Waals surface area contributed by atoms with E-state index in [0.717, 1.165) is 31.6 Å². The Labute approximate surface area is 148 Å². The van der Waals surface area contributed by atoms with Crippen LogP contribution in [0.4, 0.5) is 5.69 Å². The molecule has 0 atom stereocenters. The lowest BCUT2D eigenvalue weighted by molar-refractivity contribution is 0.0642. The van der Waals surface area contributed by atoms with E-state index in [1.807, 2.05) is 30.3 Å². The molecule has 1 amide bonds. The Kier molecular flexibility index (Phi) is 5.90. The predicted octanol–water partition coefficient (Wildman–Crippen LogP) is 3.00. The number of amides is 1. The van der Waals surface area contributed by atoms with Crippen LogP contribution in [0.3, 0.4) is 0 Å². The molecule has 0 bridgehead atoms. The molecule has 0 spiro atoms. The largest absolute Gasteiger partial charge is 0.487 e. The highest BCUT2D eigenvalue weighted by molar-refractivity contribution is 5.95. The van der Waals surface area contributed by atoms with Gasteiger partial charge in [-0.3, -0.25) is 4.79 Å². The third-order valence-corrected chi connectivity index (χ3v) is 4.40. The zero-order valence-electron chi connectivity index (χ0n) is 14.2. The Morgan fingerprint density at radius 3 is 2.64 bits per heavy atom. The van der Waals surface area contributed by atoms with Crippen LogP contribution in [-0.2, 0) is 11.3 Å². The second-order valence-corrected chi connectivity index (χ2v) is 6.29. The first-order chi connectivity index (χ1) is 12.2. The van der Waals surface area contributed by atoms with Gasteiger partial charge >= 0.3 is 0 Å². The Hall–Kier alpha value is -2.53. The average molecular weight is 340 g/mol. The standard InChI is InChI=1S/C20H24N2O3/c21-18-12-17(20(23)22-13-15-8-10-24-11-9-15)6-7-19(18)25-14-16-4-2-1-3-5-16/h1-7,12,15H,8-11,13-14,21H2,(H,22,23). The molecule has 2 aromatic carbocycles. The molecule has 25 heavy (non-hydrogen) atoms. The molecule has 1 saturated heterocycles. The summed E-state index contributed by atoms with van der Waals surface area (Å²) in [4.78, 5) is 12.3. The summed E-state index contributed by atoms with van der Waals surface area (Å²) in [6.45, 7) is 2.68. The first kappa shape index (κ1) is 17.3. The maximum Gasteiger partial charge on any atom is 0.251 e. The summed E-state index contributed by atoms with van der Waals surface area (Å²) < 4.78 is 11.1. The minimum Gasteiger partial charge on any atom is -0.487 e. The zero-order chi connectivity index (χ0) is 17.5. The first-order valence-corrected chi connectivity index (χ1v) is 8.64. The minimum absolute atomic E-state index is 0.104. The molecule has 2 aromatic rings. The van der Waals surface area contributed by atoms with Gasteiger partial charge in [0.2, 0.25) is 0 Å². The van der Waals surface area contributed by atoms with Gasteiger partial charge in [0.15, 0.2) is 0 Å². The van der Waals surface area contributed by atoms with Gasteiger partial charge in [-0.05, 0) is 42.5 Å². The van der Waals surface area contributed by atoms with Crippen molar-refractivity contribution in [3.8, 4) is 5.75 Å². The van der Waals surface area contributed by atoms with E-state index < -0.39 is 0 Å². The van der Waals surface area contributed by atoms with Crippen molar-refractivity contribution in [1.29, 1.82) is 0 Å². The number of anilines is 1. The number of benzene rings is 2. The van der Waals surface area contributed by atoms with Gasteiger partial charge in [0.05, 0.1) is 5.69 Å². The van der Waals surface area contributed by atoms with Crippen molar-refractivity contribution in [2.24, 2.45) is 5.92 Å². The van der Waals surface area contributed by atoms with Crippen molar-refractivity contribution < 1.29 is 14.3 Å². The van der Waals surface area contributed by atoms with Crippen LogP contribution in [0.5, 0.6) is 5.75 Å². The average Bonchev–Trinajstić information content (AvgIpc) is 2.66. The lowest BCUT2D eigenvalue weighted by Crippen LogP contribution is -2.32. The second-order valence-electron chi connectivity index (χ2n) is 6.29. The van der Waals surface area contributed by atoms with Gasteiger partial charge in [-0.1, -0.05) is 30.3 Å². The van der Waals surface area contributed by atoms with E-state index in [-0.39, 0.29) is 5.91 Å². The van der Waals surface area contributed by atoms with Crippen molar-refractivity contribution in [3.63, 3.8) is 0 Å². The molecule has 0 unspecified atom stereocenters. The monoisotopic (exact) mass is 340 g/mol. The number of nitrogens with two attached hydrogens (primary N) is 1. The molecule has 5 nitrogen and oxygen atoms in total. The Balaban J connectivity index is 1.54. The van der Waals surface area contributed by atoms with Gasteiger partial charge in [-0.15, -0.1) is 0 Å². The summed E-state index contributed by atoms with van der Waals surface area (Å²) in [6.07, 6.45) is 1.99. The van der Waals surface area contributed by atoms with E-state index in [4.69, 9.17) is 15.2 Å². The van der Waals surface area contributed by atoms with Crippen molar-refractivity contribution in [1.82, 2.24) is 5.32 Å². The topological polar surface area (TPSA) is 73.6 Å². The van der Waals surface area contributed by atoms with Crippen molar-refractivity contribution in [3.05, 3.63) is 59.7 Å². The minimum atomic E-state index is -0.104. The Morgan fingerprint density at radius 1 is 1.16 bits per heavy atom. The number of nitrogen functional groups attached to an aromatic ring is 1. The number of nitrogens with one attached hydrogen (secondary N) is 1. The molecule has 0 aromatic heterocycles. The third-order valence-electron chi connectivity index (χ3n) is 4.40. The van der Waals surface area contributed by atoms with Crippen molar-refractivity contribution in [2.75, 3.05) is 25.5 Å². The Morgan fingerprint density at radius 2 is 1.92 bits per heavy atom. The molecule has 1 heterocycles. The lowest BCUT2D eigenvalue weighted by atomic mass is 10.0. The fraction of sp³-hybridized carbons (Fsp3) is 0.350. The highest BCUT2D eigenvalue weighted by Gasteiger charge is 2.15. The van der Waals surface area contributed by atoms with Crippen LogP contribution in [0, 0.1) is 5.92 Å². The number of carbonyl (C=O) groups excluding carboxylic acids is 1. The summed E-state index contributed by atoms with van der Waals surface area (Å²) in [5, 5.41) is 2.98. The molecule has 0 saturated carbocycles. The summed E-state index contributed by atoms with van der Waals surface area (Å²) in [5.41, 5.74) is 8.13. The third kappa shape index (κ3) is 4.97. The fourth-order valence-corrected chi connectivity index (χ4v) is 2.85. The van der Waals surface area contributed by atoms with Gasteiger partial charge in [-0.25, -0.2) is 0 Å². The first-order valence-electron chi connectivity index (χ1n) is 8.64. The summed E-state index contributed by atoms with van der Waals surface area (Å²) in [6, 6.07) is 15.0. The van der Waals surface area contributed by atoms with Crippen LogP contribution < -0.4 is 15.8 Å². The van der Waals surface area contributed by atoms with Gasteiger partial charge in [0.1, 0.15) is 12.4 Å². The van der Waals surface area contributed by atoms with Crippen LogP contribution in [-0.4, -0.2) is 25.7 Å². The number of hydrogen-bond donors (Lipinski definition) is 2. The molecule has 0 aliphatic carbocycles. The molecular weight excluding hydrogens is 316 g/mol. The van der Waals surface area contributed by atoms with E-state index in [1.165, 1.54) is 0 Å². The lowest BCUT2D eigenvalue weighted by Gasteiger charge is -2.22. The molecule has 0 radical (unpaired) electrons. The quantitative estimate of drug-likeness (QED) is 0.793. The predicted molar refractivity (Wildman–Crippen MR) is 97.5 cm³/mol. The van der Waals surface area contributed by atoms with E-state index in [0.29, 0.717) is 36.1 Å². The number of carbonyl (C=O) groups is 1. The number of rotatable bonds is 6. The molecule has 1 aliphatic rings. The van der Waals surface area contributed by atoms with Crippen LogP contribution in [0.15, 0.2) is 48.5 Å². The van der Waals surface area contributed by atoms with E-state index >= 15 is 0 Å². The highest BCUT2D eigenvalue weighted by Crippen LogP contribution is 2.24. The molecule has 3 N–H and O–H groups in total.